The quantitative estimate of drug-likeness (QED) is 0.634. The van der Waals surface area contributed by atoms with Gasteiger partial charge in [0.25, 0.3) is 0 Å². The normalized spacial score (nSPS) is 34.3. The lowest BCUT2D eigenvalue weighted by molar-refractivity contribution is 0.548. The van der Waals surface area contributed by atoms with E-state index in [1.165, 1.54) is 37.7 Å². The molecule has 2 fully saturated rings. The van der Waals surface area contributed by atoms with Gasteiger partial charge in [0.2, 0.25) is 0 Å². The third kappa shape index (κ3) is 1.82. The van der Waals surface area contributed by atoms with E-state index < -0.39 is 0 Å². The maximum Gasteiger partial charge on any atom is -0.0131 e. The number of benzene rings is 1. The van der Waals surface area contributed by atoms with Gasteiger partial charge in [0.15, 0.2) is 0 Å². The highest BCUT2D eigenvalue weighted by atomic mass is 14.5. The van der Waals surface area contributed by atoms with E-state index in [1.807, 2.05) is 0 Å². The van der Waals surface area contributed by atoms with E-state index in [-0.39, 0.29) is 0 Å². The summed E-state index contributed by atoms with van der Waals surface area (Å²) >= 11 is 0. The Morgan fingerprint density at radius 3 is 2.53 bits per heavy atom. The average molecular weight is 200 g/mol. The van der Waals surface area contributed by atoms with Crippen LogP contribution in [0.15, 0.2) is 24.3 Å². The van der Waals surface area contributed by atoms with Crippen LogP contribution in [0.3, 0.4) is 0 Å². The molecule has 0 heteroatoms. The summed E-state index contributed by atoms with van der Waals surface area (Å²) < 4.78 is 0. The molecule has 0 saturated heterocycles. The molecule has 0 nitrogen and oxygen atoms in total. The number of fused-ring (bicyclic) bond motifs is 1. The Morgan fingerprint density at radius 1 is 1.00 bits per heavy atom. The lowest BCUT2D eigenvalue weighted by Crippen LogP contribution is -2.01. The Labute approximate surface area is 92.7 Å². The van der Waals surface area contributed by atoms with E-state index in [0.29, 0.717) is 0 Å². The molecule has 2 unspecified atom stereocenters. The van der Waals surface area contributed by atoms with Crippen molar-refractivity contribution in [3.05, 3.63) is 35.4 Å². The number of hydrogen-bond acceptors (Lipinski definition) is 0. The van der Waals surface area contributed by atoms with Crippen molar-refractivity contribution in [1.82, 2.24) is 0 Å². The molecular formula is C15H20. The monoisotopic (exact) mass is 200 g/mol. The molecule has 2 saturated carbocycles. The fraction of sp³-hybridized carbons (Fsp3) is 0.600. The highest BCUT2D eigenvalue weighted by Gasteiger charge is 2.43. The Kier molecular flexibility index (Phi) is 2.31. The van der Waals surface area contributed by atoms with Crippen LogP contribution >= 0.6 is 0 Å². The van der Waals surface area contributed by atoms with Crippen LogP contribution in [-0.4, -0.2) is 0 Å². The molecule has 3 rings (SSSR count). The molecule has 1 aromatic carbocycles. The van der Waals surface area contributed by atoms with Gasteiger partial charge < -0.3 is 0 Å². The molecule has 0 amide bonds. The molecule has 0 radical (unpaired) electrons. The van der Waals surface area contributed by atoms with Gasteiger partial charge in [-0.25, -0.2) is 0 Å². The molecule has 0 aliphatic heterocycles. The summed E-state index contributed by atoms with van der Waals surface area (Å²) in [4.78, 5) is 0. The average Bonchev–Trinajstić information content (AvgIpc) is 2.98. The van der Waals surface area contributed by atoms with Gasteiger partial charge in [-0.15, -0.1) is 0 Å². The predicted molar refractivity (Wildman–Crippen MR) is 64.0 cm³/mol. The Bertz CT molecular complexity index is 336. The first-order chi connectivity index (χ1) is 7.34. The van der Waals surface area contributed by atoms with E-state index in [9.17, 15) is 0 Å². The highest BCUT2D eigenvalue weighted by molar-refractivity contribution is 5.26. The largest absolute Gasteiger partial charge is 0.0590 e. The first-order valence-electron chi connectivity index (χ1n) is 6.41. The summed E-state index contributed by atoms with van der Waals surface area (Å²) in [6.07, 6.45) is 7.38. The third-order valence-corrected chi connectivity index (χ3v) is 4.34. The van der Waals surface area contributed by atoms with E-state index >= 15 is 0 Å². The van der Waals surface area contributed by atoms with Crippen LogP contribution in [0.25, 0.3) is 0 Å². The van der Waals surface area contributed by atoms with E-state index in [1.54, 1.807) is 5.56 Å². The maximum absolute atomic E-state index is 2.36. The van der Waals surface area contributed by atoms with Crippen molar-refractivity contribution >= 4 is 0 Å². The zero-order valence-electron chi connectivity index (χ0n) is 9.58. The Balaban J connectivity index is 1.83. The molecule has 2 aliphatic carbocycles. The molecule has 0 spiro atoms. The Hall–Kier alpha value is -0.780. The van der Waals surface area contributed by atoms with Crippen molar-refractivity contribution < 1.29 is 0 Å². The van der Waals surface area contributed by atoms with E-state index in [2.05, 4.69) is 31.2 Å². The first kappa shape index (κ1) is 9.45. The summed E-state index contributed by atoms with van der Waals surface area (Å²) in [7, 11) is 0. The molecule has 0 heterocycles. The zero-order valence-corrected chi connectivity index (χ0v) is 9.58. The second-order valence-corrected chi connectivity index (χ2v) is 5.46. The molecular weight excluding hydrogens is 180 g/mol. The van der Waals surface area contributed by atoms with E-state index in [0.717, 1.165) is 17.8 Å². The second-order valence-electron chi connectivity index (χ2n) is 5.46. The molecule has 0 N–H and O–H groups in total. The Morgan fingerprint density at radius 2 is 1.73 bits per heavy atom. The molecule has 3 atom stereocenters. The van der Waals surface area contributed by atoms with Crippen LogP contribution in [0.5, 0.6) is 0 Å². The van der Waals surface area contributed by atoms with Gasteiger partial charge in [-0.05, 0) is 43.1 Å². The van der Waals surface area contributed by atoms with Crippen LogP contribution in [-0.2, 0) is 0 Å². The lowest BCUT2D eigenvalue weighted by Gasteiger charge is -2.15. The minimum Gasteiger partial charge on any atom is -0.0590 e. The van der Waals surface area contributed by atoms with Crippen LogP contribution < -0.4 is 0 Å². The number of rotatable bonds is 1. The minimum absolute atomic E-state index is 0.887. The van der Waals surface area contributed by atoms with Crippen molar-refractivity contribution in [2.45, 2.75) is 44.9 Å². The fourth-order valence-electron chi connectivity index (χ4n) is 3.31. The fourth-order valence-corrected chi connectivity index (χ4v) is 3.31. The summed E-state index contributed by atoms with van der Waals surface area (Å²) in [5.41, 5.74) is 3.00. The minimum atomic E-state index is 0.887. The van der Waals surface area contributed by atoms with Crippen LogP contribution in [0, 0.1) is 18.8 Å². The molecule has 0 bridgehead atoms. The second kappa shape index (κ2) is 3.66. The molecule has 0 aromatic heterocycles. The summed E-state index contributed by atoms with van der Waals surface area (Å²) in [5.74, 6) is 3.01. The molecule has 15 heavy (non-hydrogen) atoms. The summed E-state index contributed by atoms with van der Waals surface area (Å²) in [5, 5.41) is 0. The molecule has 80 valence electrons. The van der Waals surface area contributed by atoms with Gasteiger partial charge in [-0.3, -0.25) is 0 Å². The third-order valence-electron chi connectivity index (χ3n) is 4.34. The maximum atomic E-state index is 2.36. The van der Waals surface area contributed by atoms with Crippen molar-refractivity contribution in [3.8, 4) is 0 Å². The standard InChI is InChI=1S/C15H20/c1-11-6-8-12(9-7-11)14-5-3-2-4-13-10-15(13)14/h6-9,13-15H,2-5,10H2,1H3/t13-,14?,15?/m0/s1. The lowest BCUT2D eigenvalue weighted by atomic mass is 9.89. The van der Waals surface area contributed by atoms with Crippen molar-refractivity contribution in [2.24, 2.45) is 11.8 Å². The van der Waals surface area contributed by atoms with Crippen molar-refractivity contribution in [1.29, 1.82) is 0 Å². The SMILES string of the molecule is Cc1ccc(C2CCCC[C@H]3CC23)cc1. The van der Waals surface area contributed by atoms with Gasteiger partial charge in [0, 0.05) is 0 Å². The number of hydrogen-bond donors (Lipinski definition) is 0. The topological polar surface area (TPSA) is 0 Å². The van der Waals surface area contributed by atoms with Crippen molar-refractivity contribution in [2.75, 3.05) is 0 Å². The number of aryl methyl sites for hydroxylation is 1. The van der Waals surface area contributed by atoms with Crippen LogP contribution in [0.1, 0.15) is 49.1 Å². The first-order valence-corrected chi connectivity index (χ1v) is 6.41. The summed E-state index contributed by atoms with van der Waals surface area (Å²) in [6.45, 7) is 2.18. The van der Waals surface area contributed by atoms with Gasteiger partial charge in [-0.1, -0.05) is 49.1 Å². The van der Waals surface area contributed by atoms with Crippen LogP contribution in [0.4, 0.5) is 0 Å². The highest BCUT2D eigenvalue weighted by Crippen LogP contribution is 2.54. The predicted octanol–water partition coefficient (Wildman–Crippen LogP) is 4.29. The molecule has 1 aromatic rings. The van der Waals surface area contributed by atoms with Gasteiger partial charge in [0.05, 0.1) is 0 Å². The van der Waals surface area contributed by atoms with E-state index in [4.69, 9.17) is 0 Å². The smallest absolute Gasteiger partial charge is 0.0131 e. The molecule has 2 aliphatic rings. The zero-order chi connectivity index (χ0) is 10.3. The van der Waals surface area contributed by atoms with Gasteiger partial charge in [0.1, 0.15) is 0 Å². The van der Waals surface area contributed by atoms with Gasteiger partial charge >= 0.3 is 0 Å². The van der Waals surface area contributed by atoms with Crippen LogP contribution in [0.2, 0.25) is 0 Å². The van der Waals surface area contributed by atoms with Crippen molar-refractivity contribution in [3.63, 3.8) is 0 Å². The summed E-state index contributed by atoms with van der Waals surface area (Å²) in [6, 6.07) is 9.27. The van der Waals surface area contributed by atoms with Gasteiger partial charge in [-0.2, -0.15) is 0 Å².